The van der Waals surface area contributed by atoms with Gasteiger partial charge in [-0.3, -0.25) is 4.79 Å². The second-order valence-electron chi connectivity index (χ2n) is 7.48. The predicted molar refractivity (Wildman–Crippen MR) is 120 cm³/mol. The van der Waals surface area contributed by atoms with Crippen LogP contribution in [0.25, 0.3) is 16.5 Å². The van der Waals surface area contributed by atoms with Crippen molar-refractivity contribution >= 4 is 34.2 Å². The average molecular weight is 450 g/mol. The van der Waals surface area contributed by atoms with Gasteiger partial charge in [-0.25, -0.2) is 14.0 Å². The van der Waals surface area contributed by atoms with Crippen LogP contribution >= 0.6 is 0 Å². The summed E-state index contributed by atoms with van der Waals surface area (Å²) in [5.41, 5.74) is 1.94. The highest BCUT2D eigenvalue weighted by atomic mass is 19.1. The van der Waals surface area contributed by atoms with Gasteiger partial charge < -0.3 is 19.8 Å². The SMILES string of the molecule is CCOC(=O)C1=CNC(C(=O)OCC)C(C(=O)c2ccc(F)cc2)c2c1[nH]c1ccccc21. The van der Waals surface area contributed by atoms with Crippen LogP contribution in [0.5, 0.6) is 0 Å². The third kappa shape index (κ3) is 4.11. The van der Waals surface area contributed by atoms with E-state index in [2.05, 4.69) is 10.3 Å². The molecular weight excluding hydrogens is 427 g/mol. The number of rotatable bonds is 6. The third-order valence-corrected chi connectivity index (χ3v) is 5.51. The van der Waals surface area contributed by atoms with E-state index < -0.39 is 35.5 Å². The summed E-state index contributed by atoms with van der Waals surface area (Å²) in [6.07, 6.45) is 1.38. The highest BCUT2D eigenvalue weighted by molar-refractivity contribution is 6.19. The largest absolute Gasteiger partial charge is 0.464 e. The number of nitrogens with one attached hydrogen (secondary N) is 2. The molecule has 0 spiro atoms. The number of aromatic nitrogens is 1. The summed E-state index contributed by atoms with van der Waals surface area (Å²) < 4.78 is 24.0. The Labute approximate surface area is 189 Å². The molecule has 8 heteroatoms. The number of ketones is 1. The van der Waals surface area contributed by atoms with Crippen LogP contribution in [0.2, 0.25) is 0 Å². The third-order valence-electron chi connectivity index (χ3n) is 5.51. The lowest BCUT2D eigenvalue weighted by Gasteiger charge is -2.24. The van der Waals surface area contributed by atoms with Crippen molar-refractivity contribution < 1.29 is 28.2 Å². The first-order valence-corrected chi connectivity index (χ1v) is 10.7. The second-order valence-corrected chi connectivity index (χ2v) is 7.48. The fourth-order valence-electron chi connectivity index (χ4n) is 4.09. The Balaban J connectivity index is 1.96. The van der Waals surface area contributed by atoms with Gasteiger partial charge in [-0.2, -0.15) is 0 Å². The number of halogens is 1. The molecule has 7 nitrogen and oxygen atoms in total. The number of H-pyrrole nitrogens is 1. The molecule has 3 aromatic rings. The van der Waals surface area contributed by atoms with Crippen LogP contribution in [-0.2, 0) is 19.1 Å². The monoisotopic (exact) mass is 450 g/mol. The maximum Gasteiger partial charge on any atom is 0.341 e. The minimum atomic E-state index is -1.12. The molecule has 4 rings (SSSR count). The maximum atomic E-state index is 13.8. The van der Waals surface area contributed by atoms with E-state index in [-0.39, 0.29) is 24.4 Å². The molecule has 2 heterocycles. The summed E-state index contributed by atoms with van der Waals surface area (Å²) >= 11 is 0. The van der Waals surface area contributed by atoms with Crippen LogP contribution in [0, 0.1) is 5.82 Å². The zero-order valence-electron chi connectivity index (χ0n) is 18.2. The Hall–Kier alpha value is -3.94. The van der Waals surface area contributed by atoms with Crippen molar-refractivity contribution in [2.24, 2.45) is 0 Å². The molecule has 0 bridgehead atoms. The van der Waals surface area contributed by atoms with Gasteiger partial charge in [-0.05, 0) is 49.7 Å². The van der Waals surface area contributed by atoms with Crippen molar-refractivity contribution in [1.29, 1.82) is 0 Å². The number of Topliss-reactive ketones (excluding diaryl/α,β-unsaturated/α-hetero) is 1. The van der Waals surface area contributed by atoms with Crippen molar-refractivity contribution in [3.8, 4) is 0 Å². The Kier molecular flexibility index (Phi) is 6.26. The van der Waals surface area contributed by atoms with Gasteiger partial charge in [0, 0.05) is 22.7 Å². The smallest absolute Gasteiger partial charge is 0.341 e. The van der Waals surface area contributed by atoms with Gasteiger partial charge in [0.15, 0.2) is 5.78 Å². The van der Waals surface area contributed by atoms with Gasteiger partial charge in [0.25, 0.3) is 0 Å². The number of carbonyl (C=O) groups excluding carboxylic acids is 3. The molecule has 170 valence electrons. The summed E-state index contributed by atoms with van der Waals surface area (Å²) in [6.45, 7) is 3.63. The standard InChI is InChI=1S/C25H23FN2O5/c1-3-32-24(30)17-13-27-22(25(31)33-4-2)20(23(29)14-9-11-15(26)12-10-14)19-16-7-5-6-8-18(16)28-21(17)19/h5-13,20,22,27-28H,3-4H2,1-2H3. The molecule has 1 aliphatic heterocycles. The van der Waals surface area contributed by atoms with E-state index in [1.807, 2.05) is 18.2 Å². The molecule has 2 N–H and O–H groups in total. The molecule has 1 aromatic heterocycles. The number of carbonyl (C=O) groups is 3. The molecule has 2 atom stereocenters. The molecule has 0 fully saturated rings. The van der Waals surface area contributed by atoms with Gasteiger partial charge in [0.2, 0.25) is 0 Å². The Morgan fingerprint density at radius 2 is 1.67 bits per heavy atom. The molecule has 0 amide bonds. The van der Waals surface area contributed by atoms with Crippen molar-refractivity contribution in [1.82, 2.24) is 10.3 Å². The van der Waals surface area contributed by atoms with E-state index in [1.54, 1.807) is 19.9 Å². The molecule has 0 saturated heterocycles. The van der Waals surface area contributed by atoms with Gasteiger partial charge in [0.05, 0.1) is 30.4 Å². The summed E-state index contributed by atoms with van der Waals surface area (Å²) in [6, 6.07) is 11.3. The van der Waals surface area contributed by atoms with E-state index >= 15 is 0 Å². The summed E-state index contributed by atoms with van der Waals surface area (Å²) in [4.78, 5) is 42.7. The van der Waals surface area contributed by atoms with Gasteiger partial charge >= 0.3 is 11.9 Å². The number of hydrogen-bond donors (Lipinski definition) is 2. The summed E-state index contributed by atoms with van der Waals surface area (Å²) in [5.74, 6) is -3.19. The number of para-hydroxylation sites is 1. The summed E-state index contributed by atoms with van der Waals surface area (Å²) in [5, 5.41) is 3.59. The number of aromatic amines is 1. The Morgan fingerprint density at radius 3 is 2.36 bits per heavy atom. The Morgan fingerprint density at radius 1 is 0.970 bits per heavy atom. The lowest BCUT2D eigenvalue weighted by atomic mass is 9.83. The number of esters is 2. The number of hydrogen-bond acceptors (Lipinski definition) is 6. The van der Waals surface area contributed by atoms with E-state index in [4.69, 9.17) is 9.47 Å². The minimum Gasteiger partial charge on any atom is -0.464 e. The van der Waals surface area contributed by atoms with Crippen LogP contribution in [0.4, 0.5) is 4.39 Å². The second kappa shape index (κ2) is 9.28. The fourth-order valence-corrected chi connectivity index (χ4v) is 4.09. The Bertz CT molecular complexity index is 1250. The van der Waals surface area contributed by atoms with Crippen LogP contribution in [0.15, 0.2) is 54.7 Å². The normalized spacial score (nSPS) is 17.4. The minimum absolute atomic E-state index is 0.115. The molecule has 0 aliphatic carbocycles. The maximum absolute atomic E-state index is 13.8. The van der Waals surface area contributed by atoms with Crippen LogP contribution in [0.3, 0.4) is 0 Å². The van der Waals surface area contributed by atoms with Gasteiger partial charge in [-0.1, -0.05) is 18.2 Å². The molecule has 0 saturated carbocycles. The molecule has 2 unspecified atom stereocenters. The number of fused-ring (bicyclic) bond motifs is 3. The van der Waals surface area contributed by atoms with E-state index in [9.17, 15) is 18.8 Å². The molecular formula is C25H23FN2O5. The molecule has 1 aliphatic rings. The predicted octanol–water partition coefficient (Wildman–Crippen LogP) is 3.71. The van der Waals surface area contributed by atoms with Gasteiger partial charge in [0.1, 0.15) is 11.9 Å². The fraction of sp³-hybridized carbons (Fsp3) is 0.240. The first-order chi connectivity index (χ1) is 16.0. The van der Waals surface area contributed by atoms with Crippen molar-refractivity contribution in [2.75, 3.05) is 13.2 Å². The highest BCUT2D eigenvalue weighted by Crippen LogP contribution is 2.39. The number of benzene rings is 2. The van der Waals surface area contributed by atoms with Gasteiger partial charge in [-0.15, -0.1) is 0 Å². The first-order valence-electron chi connectivity index (χ1n) is 10.7. The van der Waals surface area contributed by atoms with Crippen molar-refractivity contribution in [3.63, 3.8) is 0 Å². The lowest BCUT2D eigenvalue weighted by molar-refractivity contribution is -0.145. The molecule has 2 aromatic carbocycles. The average Bonchev–Trinajstić information content (AvgIpc) is 3.09. The van der Waals surface area contributed by atoms with Crippen LogP contribution < -0.4 is 5.32 Å². The first kappa shape index (κ1) is 22.3. The summed E-state index contributed by atoms with van der Waals surface area (Å²) in [7, 11) is 0. The van der Waals surface area contributed by atoms with Crippen molar-refractivity contribution in [2.45, 2.75) is 25.8 Å². The quantitative estimate of drug-likeness (QED) is 0.439. The van der Waals surface area contributed by atoms with Crippen LogP contribution in [0.1, 0.15) is 41.4 Å². The topological polar surface area (TPSA) is 97.5 Å². The van der Waals surface area contributed by atoms with Crippen LogP contribution in [-0.4, -0.2) is 42.0 Å². The van der Waals surface area contributed by atoms with Crippen molar-refractivity contribution in [3.05, 3.63) is 77.4 Å². The number of ether oxygens (including phenoxy) is 2. The molecule has 0 radical (unpaired) electrons. The zero-order chi connectivity index (χ0) is 23.5. The highest BCUT2D eigenvalue weighted by Gasteiger charge is 2.42. The molecule has 33 heavy (non-hydrogen) atoms. The lowest BCUT2D eigenvalue weighted by Crippen LogP contribution is -2.43. The van der Waals surface area contributed by atoms with E-state index in [0.717, 1.165) is 0 Å². The zero-order valence-corrected chi connectivity index (χ0v) is 18.2. The van der Waals surface area contributed by atoms with E-state index in [0.29, 0.717) is 22.2 Å². The van der Waals surface area contributed by atoms with E-state index in [1.165, 1.54) is 30.5 Å².